The van der Waals surface area contributed by atoms with Crippen LogP contribution in [0.4, 0.5) is 5.69 Å². The van der Waals surface area contributed by atoms with Crippen LogP contribution in [-0.4, -0.2) is 41.2 Å². The number of allylic oxidation sites excluding steroid dienone is 1. The van der Waals surface area contributed by atoms with Crippen molar-refractivity contribution in [3.05, 3.63) is 57.5 Å². The summed E-state index contributed by atoms with van der Waals surface area (Å²) in [4.78, 5) is 12.7. The van der Waals surface area contributed by atoms with Gasteiger partial charge in [-0.25, -0.2) is 4.31 Å². The first-order valence-corrected chi connectivity index (χ1v) is 9.81. The summed E-state index contributed by atoms with van der Waals surface area (Å²) in [6.07, 6.45) is 3.02. The molecule has 3 rings (SSSR count). The third kappa shape index (κ3) is 3.85. The second-order valence-corrected chi connectivity index (χ2v) is 8.30. The predicted octanol–water partition coefficient (Wildman–Crippen LogP) is 2.54. The molecule has 0 bridgehead atoms. The van der Waals surface area contributed by atoms with Crippen LogP contribution in [0.3, 0.4) is 0 Å². The number of carbonyl (C=O) groups excluding carboxylic acids is 1. The number of hydrogen-bond donors (Lipinski definition) is 1. The lowest BCUT2D eigenvalue weighted by molar-refractivity contribution is -0.113. The second kappa shape index (κ2) is 6.99. The van der Waals surface area contributed by atoms with Crippen LogP contribution in [0, 0.1) is 6.92 Å². The van der Waals surface area contributed by atoms with Gasteiger partial charge in [0.1, 0.15) is 5.70 Å². The largest absolute Gasteiger partial charge is 0.345 e. The van der Waals surface area contributed by atoms with Crippen molar-refractivity contribution in [3.63, 3.8) is 0 Å². The molecule has 0 unspecified atom stereocenters. The van der Waals surface area contributed by atoms with Crippen LogP contribution in [0.15, 0.2) is 40.6 Å². The van der Waals surface area contributed by atoms with Crippen LogP contribution in [0.5, 0.6) is 0 Å². The molecule has 0 saturated carbocycles. The van der Waals surface area contributed by atoms with Crippen molar-refractivity contribution < 1.29 is 13.2 Å². The molecular formula is C16H15Cl2N5O3S. The summed E-state index contributed by atoms with van der Waals surface area (Å²) in [5.41, 5.74) is 1.38. The molecule has 2 aromatic rings. The van der Waals surface area contributed by atoms with E-state index in [1.54, 1.807) is 26.2 Å². The number of amides is 1. The maximum atomic E-state index is 12.7. The van der Waals surface area contributed by atoms with Crippen molar-refractivity contribution in [1.82, 2.24) is 14.1 Å². The molecule has 142 valence electrons. The minimum atomic E-state index is -4.07. The maximum Gasteiger partial charge on any atom is 0.345 e. The van der Waals surface area contributed by atoms with Gasteiger partial charge in [0.25, 0.3) is 5.91 Å². The van der Waals surface area contributed by atoms with E-state index in [1.807, 2.05) is 0 Å². The zero-order chi connectivity index (χ0) is 19.9. The van der Waals surface area contributed by atoms with Crippen LogP contribution in [-0.2, 0) is 22.1 Å². The Balaban J connectivity index is 2.02. The molecule has 1 N–H and O–H groups in total. The Morgan fingerprint density at radius 3 is 2.56 bits per heavy atom. The quantitative estimate of drug-likeness (QED) is 0.813. The van der Waals surface area contributed by atoms with E-state index < -0.39 is 16.1 Å². The fourth-order valence-electron chi connectivity index (χ4n) is 2.52. The average Bonchev–Trinajstić information content (AvgIpc) is 2.91. The van der Waals surface area contributed by atoms with E-state index in [-0.39, 0.29) is 22.1 Å². The van der Waals surface area contributed by atoms with Gasteiger partial charge in [-0.3, -0.25) is 9.48 Å². The first-order chi connectivity index (χ1) is 12.6. The number of nitrogens with zero attached hydrogens (tertiary/aromatic N) is 4. The number of rotatable bonds is 3. The number of carbonyl (C=O) groups is 1. The highest BCUT2D eigenvalue weighted by molar-refractivity contribution is 7.88. The average molecular weight is 428 g/mol. The summed E-state index contributed by atoms with van der Waals surface area (Å²) in [6, 6.07) is 4.58. The lowest BCUT2D eigenvalue weighted by Crippen LogP contribution is -2.35. The molecule has 2 heterocycles. The Morgan fingerprint density at radius 1 is 1.22 bits per heavy atom. The molecule has 27 heavy (non-hydrogen) atoms. The van der Waals surface area contributed by atoms with Crippen molar-refractivity contribution in [2.75, 3.05) is 12.4 Å². The lowest BCUT2D eigenvalue weighted by atomic mass is 10.1. The Kier molecular flexibility index (Phi) is 5.02. The Labute approximate surface area is 166 Å². The van der Waals surface area contributed by atoms with Gasteiger partial charge in [-0.05, 0) is 31.2 Å². The number of benzene rings is 1. The fraction of sp³-hybridized carbons (Fsp3) is 0.188. The van der Waals surface area contributed by atoms with Gasteiger partial charge in [0.15, 0.2) is 0 Å². The van der Waals surface area contributed by atoms with Crippen molar-refractivity contribution in [2.45, 2.75) is 6.92 Å². The van der Waals surface area contributed by atoms with Crippen molar-refractivity contribution in [2.24, 2.45) is 11.4 Å². The van der Waals surface area contributed by atoms with Crippen LogP contribution in [0.25, 0.3) is 0 Å². The molecule has 1 aliphatic rings. The van der Waals surface area contributed by atoms with Gasteiger partial charge in [0, 0.05) is 30.9 Å². The van der Waals surface area contributed by atoms with Crippen molar-refractivity contribution >= 4 is 50.7 Å². The summed E-state index contributed by atoms with van der Waals surface area (Å²) in [6.45, 7) is 1.72. The monoisotopic (exact) mass is 427 g/mol. The number of anilines is 1. The highest BCUT2D eigenvalue weighted by Gasteiger charge is 2.31. The number of aromatic nitrogens is 2. The van der Waals surface area contributed by atoms with E-state index >= 15 is 0 Å². The predicted molar refractivity (Wildman–Crippen MR) is 104 cm³/mol. The van der Waals surface area contributed by atoms with Crippen molar-refractivity contribution in [1.29, 1.82) is 0 Å². The molecule has 1 aromatic heterocycles. The Hall–Kier alpha value is -2.36. The molecule has 0 spiro atoms. The van der Waals surface area contributed by atoms with Crippen LogP contribution in [0.1, 0.15) is 11.3 Å². The van der Waals surface area contributed by atoms with Gasteiger partial charge in [-0.15, -0.1) is 4.40 Å². The summed E-state index contributed by atoms with van der Waals surface area (Å²) in [5.74, 6) is -0.667. The molecular weight excluding hydrogens is 413 g/mol. The minimum Gasteiger partial charge on any atom is -0.319 e. The van der Waals surface area contributed by atoms with Gasteiger partial charge in [-0.2, -0.15) is 13.5 Å². The van der Waals surface area contributed by atoms with Gasteiger partial charge < -0.3 is 5.32 Å². The van der Waals surface area contributed by atoms with Gasteiger partial charge in [0.2, 0.25) is 0 Å². The zero-order valence-electron chi connectivity index (χ0n) is 14.6. The standard InChI is InChI=1S/C16H15Cl2N5O3S/c1-9-11(8-22(2)20-9)13-7-15(23(3)27(25,26)21-13)16(24)19-14-6-10(17)4-5-12(14)18/h4-8H,1-3H3,(H,19,24). The van der Waals surface area contributed by atoms with E-state index in [9.17, 15) is 13.2 Å². The minimum absolute atomic E-state index is 0.112. The SMILES string of the molecule is Cc1nn(C)cc1C1=NS(=O)(=O)N(C)C(C(=O)Nc2cc(Cl)ccc2Cl)=C1. The van der Waals surface area contributed by atoms with E-state index in [4.69, 9.17) is 23.2 Å². The molecule has 0 atom stereocenters. The highest BCUT2D eigenvalue weighted by atomic mass is 35.5. The summed E-state index contributed by atoms with van der Waals surface area (Å²) >= 11 is 12.0. The number of hydrogen-bond acceptors (Lipinski definition) is 4. The van der Waals surface area contributed by atoms with Crippen LogP contribution < -0.4 is 5.32 Å². The maximum absolute atomic E-state index is 12.7. The molecule has 0 saturated heterocycles. The molecule has 0 radical (unpaired) electrons. The molecule has 11 heteroatoms. The molecule has 1 amide bonds. The van der Waals surface area contributed by atoms with Gasteiger partial charge in [-0.1, -0.05) is 23.2 Å². The highest BCUT2D eigenvalue weighted by Crippen LogP contribution is 2.27. The molecule has 8 nitrogen and oxygen atoms in total. The molecule has 1 aromatic carbocycles. The lowest BCUT2D eigenvalue weighted by Gasteiger charge is -2.23. The van der Waals surface area contributed by atoms with Crippen molar-refractivity contribution in [3.8, 4) is 0 Å². The third-order valence-electron chi connectivity index (χ3n) is 3.87. The van der Waals surface area contributed by atoms with E-state index in [2.05, 4.69) is 14.8 Å². The Morgan fingerprint density at radius 2 is 1.93 bits per heavy atom. The fourth-order valence-corrected chi connectivity index (χ4v) is 3.77. The summed E-state index contributed by atoms with van der Waals surface area (Å²) in [5, 5.41) is 7.40. The second-order valence-electron chi connectivity index (χ2n) is 5.83. The molecule has 0 aliphatic carbocycles. The topological polar surface area (TPSA) is 96.7 Å². The third-order valence-corrected chi connectivity index (χ3v) is 5.75. The van der Waals surface area contributed by atoms with E-state index in [0.29, 0.717) is 16.3 Å². The van der Waals surface area contributed by atoms with Crippen LogP contribution in [0.2, 0.25) is 10.0 Å². The number of likely N-dealkylation sites (N-methyl/N-ethyl adjacent to an activating group) is 1. The molecule has 0 fully saturated rings. The van der Waals surface area contributed by atoms with E-state index in [1.165, 1.54) is 29.9 Å². The molecule has 1 aliphatic heterocycles. The zero-order valence-corrected chi connectivity index (χ0v) is 16.9. The van der Waals surface area contributed by atoms with E-state index in [0.717, 1.165) is 4.31 Å². The first-order valence-electron chi connectivity index (χ1n) is 7.66. The van der Waals surface area contributed by atoms with Gasteiger partial charge >= 0.3 is 10.2 Å². The number of halogens is 2. The summed E-state index contributed by atoms with van der Waals surface area (Å²) in [7, 11) is -1.12. The number of aryl methyl sites for hydroxylation is 2. The number of nitrogens with one attached hydrogen (secondary N) is 1. The van der Waals surface area contributed by atoms with Crippen LogP contribution >= 0.6 is 23.2 Å². The normalized spacial score (nSPS) is 16.0. The van der Waals surface area contributed by atoms with Gasteiger partial charge in [0.05, 0.1) is 22.1 Å². The summed E-state index contributed by atoms with van der Waals surface area (Å²) < 4.78 is 30.9. The Bertz CT molecular complexity index is 1110. The smallest absolute Gasteiger partial charge is 0.319 e. The first kappa shape index (κ1) is 19.4.